The second-order valence-corrected chi connectivity index (χ2v) is 8.22. The molecule has 9 heteroatoms. The van der Waals surface area contributed by atoms with Gasteiger partial charge in [-0.3, -0.25) is 9.47 Å². The SMILES string of the molecule is c1ccc(N2CCN(Cc3cccn3-c3nnc(N4CCOCC4)s3)CC2)nc1. The number of ether oxygens (including phenoxy) is 1. The van der Waals surface area contributed by atoms with Crippen molar-refractivity contribution in [2.45, 2.75) is 6.54 Å². The van der Waals surface area contributed by atoms with E-state index in [-0.39, 0.29) is 0 Å². The molecule has 0 amide bonds. The summed E-state index contributed by atoms with van der Waals surface area (Å²) in [7, 11) is 0. The van der Waals surface area contributed by atoms with Crippen molar-refractivity contribution in [2.24, 2.45) is 0 Å². The predicted molar refractivity (Wildman–Crippen MR) is 114 cm³/mol. The van der Waals surface area contributed by atoms with Crippen molar-refractivity contribution in [2.75, 3.05) is 62.3 Å². The molecule has 2 saturated heterocycles. The van der Waals surface area contributed by atoms with Crippen molar-refractivity contribution in [1.82, 2.24) is 24.6 Å². The van der Waals surface area contributed by atoms with Gasteiger partial charge in [0.15, 0.2) is 0 Å². The van der Waals surface area contributed by atoms with Gasteiger partial charge in [0.05, 0.1) is 13.2 Å². The van der Waals surface area contributed by atoms with Crippen molar-refractivity contribution in [3.63, 3.8) is 0 Å². The van der Waals surface area contributed by atoms with Gasteiger partial charge in [-0.2, -0.15) is 0 Å². The summed E-state index contributed by atoms with van der Waals surface area (Å²) in [5.41, 5.74) is 1.25. The average molecular weight is 412 g/mol. The zero-order valence-corrected chi connectivity index (χ0v) is 17.2. The Morgan fingerprint density at radius 1 is 0.862 bits per heavy atom. The molecule has 3 aromatic rings. The Kier molecular flexibility index (Phi) is 5.42. The summed E-state index contributed by atoms with van der Waals surface area (Å²) in [4.78, 5) is 11.6. The smallest absolute Gasteiger partial charge is 0.218 e. The normalized spacial score (nSPS) is 18.3. The molecular weight excluding hydrogens is 386 g/mol. The summed E-state index contributed by atoms with van der Waals surface area (Å²) in [5, 5.41) is 10.8. The molecule has 0 bridgehead atoms. The van der Waals surface area contributed by atoms with Gasteiger partial charge in [0.25, 0.3) is 0 Å². The third-order valence-corrected chi connectivity index (χ3v) is 6.44. The molecule has 0 saturated carbocycles. The van der Waals surface area contributed by atoms with E-state index in [1.165, 1.54) is 5.69 Å². The van der Waals surface area contributed by atoms with E-state index in [0.717, 1.165) is 75.1 Å². The first-order valence-electron chi connectivity index (χ1n) is 10.1. The maximum atomic E-state index is 5.44. The van der Waals surface area contributed by atoms with Crippen molar-refractivity contribution in [3.8, 4) is 5.13 Å². The molecule has 0 aromatic carbocycles. The molecule has 5 rings (SSSR count). The first-order valence-corrected chi connectivity index (χ1v) is 10.9. The van der Waals surface area contributed by atoms with Gasteiger partial charge >= 0.3 is 0 Å². The van der Waals surface area contributed by atoms with Crippen LogP contribution in [-0.4, -0.2) is 77.1 Å². The summed E-state index contributed by atoms with van der Waals surface area (Å²) in [5.74, 6) is 1.07. The van der Waals surface area contributed by atoms with Gasteiger partial charge in [0, 0.05) is 63.9 Å². The van der Waals surface area contributed by atoms with Gasteiger partial charge in [0.1, 0.15) is 5.82 Å². The summed E-state index contributed by atoms with van der Waals surface area (Å²) in [6, 6.07) is 10.4. The van der Waals surface area contributed by atoms with Crippen molar-refractivity contribution in [3.05, 3.63) is 48.4 Å². The number of pyridine rings is 1. The first kappa shape index (κ1) is 18.5. The van der Waals surface area contributed by atoms with Crippen LogP contribution in [0.1, 0.15) is 5.69 Å². The number of rotatable bonds is 5. The summed E-state index contributed by atoms with van der Waals surface area (Å²) in [6.45, 7) is 8.24. The van der Waals surface area contributed by atoms with Gasteiger partial charge < -0.3 is 14.5 Å². The second kappa shape index (κ2) is 8.48. The topological polar surface area (TPSA) is 62.5 Å². The van der Waals surface area contributed by atoms with E-state index in [9.17, 15) is 0 Å². The molecule has 5 heterocycles. The molecule has 3 aromatic heterocycles. The summed E-state index contributed by atoms with van der Waals surface area (Å²) >= 11 is 1.65. The van der Waals surface area contributed by atoms with Crippen LogP contribution >= 0.6 is 11.3 Å². The van der Waals surface area contributed by atoms with Crippen LogP contribution in [0.4, 0.5) is 10.9 Å². The first-order chi connectivity index (χ1) is 14.4. The zero-order valence-electron chi connectivity index (χ0n) is 16.4. The number of hydrogen-bond acceptors (Lipinski definition) is 8. The molecule has 0 aliphatic carbocycles. The Balaban J connectivity index is 1.23. The van der Waals surface area contributed by atoms with Crippen molar-refractivity contribution >= 4 is 22.3 Å². The third kappa shape index (κ3) is 4.12. The lowest BCUT2D eigenvalue weighted by atomic mass is 10.3. The van der Waals surface area contributed by atoms with Gasteiger partial charge in [0.2, 0.25) is 10.3 Å². The maximum absolute atomic E-state index is 5.44. The molecule has 0 atom stereocenters. The average Bonchev–Trinajstić information content (AvgIpc) is 3.45. The largest absolute Gasteiger partial charge is 0.378 e. The highest BCUT2D eigenvalue weighted by Crippen LogP contribution is 2.26. The fourth-order valence-corrected chi connectivity index (χ4v) is 4.74. The third-order valence-electron chi connectivity index (χ3n) is 5.46. The van der Waals surface area contributed by atoms with Crippen molar-refractivity contribution in [1.29, 1.82) is 0 Å². The molecular formula is C20H25N7OS. The quantitative estimate of drug-likeness (QED) is 0.635. The van der Waals surface area contributed by atoms with E-state index in [4.69, 9.17) is 4.74 Å². The van der Waals surface area contributed by atoms with E-state index in [2.05, 4.69) is 64.9 Å². The van der Waals surface area contributed by atoms with Crippen LogP contribution < -0.4 is 9.80 Å². The molecule has 0 N–H and O–H groups in total. The molecule has 2 fully saturated rings. The van der Waals surface area contributed by atoms with Crippen LogP contribution in [-0.2, 0) is 11.3 Å². The lowest BCUT2D eigenvalue weighted by Crippen LogP contribution is -2.46. The Morgan fingerprint density at radius 3 is 2.48 bits per heavy atom. The van der Waals surface area contributed by atoms with Crippen LogP contribution in [0.2, 0.25) is 0 Å². The number of nitrogens with zero attached hydrogens (tertiary/aromatic N) is 7. The molecule has 152 valence electrons. The number of anilines is 2. The minimum absolute atomic E-state index is 0.758. The highest BCUT2D eigenvalue weighted by Gasteiger charge is 2.21. The van der Waals surface area contributed by atoms with E-state index >= 15 is 0 Å². The minimum Gasteiger partial charge on any atom is -0.378 e. The number of morpholine rings is 1. The number of hydrogen-bond donors (Lipinski definition) is 0. The predicted octanol–water partition coefficient (Wildman–Crippen LogP) is 1.88. The molecule has 2 aliphatic rings. The van der Waals surface area contributed by atoms with Crippen LogP contribution in [0.5, 0.6) is 0 Å². The van der Waals surface area contributed by atoms with Gasteiger partial charge in [-0.05, 0) is 24.3 Å². The van der Waals surface area contributed by atoms with Gasteiger partial charge in [-0.25, -0.2) is 4.98 Å². The molecule has 0 unspecified atom stereocenters. The van der Waals surface area contributed by atoms with Gasteiger partial charge in [-0.15, -0.1) is 10.2 Å². The van der Waals surface area contributed by atoms with Crippen LogP contribution in [0.3, 0.4) is 0 Å². The van der Waals surface area contributed by atoms with Crippen molar-refractivity contribution < 1.29 is 4.74 Å². The van der Waals surface area contributed by atoms with E-state index in [0.29, 0.717) is 0 Å². The Labute approximate surface area is 174 Å². The molecule has 0 radical (unpaired) electrons. The Hall–Kier alpha value is -2.49. The van der Waals surface area contributed by atoms with Gasteiger partial charge in [-0.1, -0.05) is 17.4 Å². The monoisotopic (exact) mass is 411 g/mol. The number of aromatic nitrogens is 4. The molecule has 0 spiro atoms. The van der Waals surface area contributed by atoms with E-state index < -0.39 is 0 Å². The molecule has 8 nitrogen and oxygen atoms in total. The fraction of sp³-hybridized carbons (Fsp3) is 0.450. The van der Waals surface area contributed by atoms with E-state index in [1.54, 1.807) is 11.3 Å². The lowest BCUT2D eigenvalue weighted by Gasteiger charge is -2.35. The maximum Gasteiger partial charge on any atom is 0.218 e. The summed E-state index contributed by atoms with van der Waals surface area (Å²) < 4.78 is 7.61. The van der Waals surface area contributed by atoms with Crippen LogP contribution in [0, 0.1) is 0 Å². The zero-order chi connectivity index (χ0) is 19.5. The Bertz CT molecular complexity index is 914. The second-order valence-electron chi connectivity index (χ2n) is 7.29. The van der Waals surface area contributed by atoms with E-state index in [1.807, 2.05) is 12.3 Å². The molecule has 29 heavy (non-hydrogen) atoms. The van der Waals surface area contributed by atoms with Crippen LogP contribution in [0.25, 0.3) is 5.13 Å². The standard InChI is InChI=1S/C20H25N7OS/c1-2-6-21-18(5-1)25-10-8-24(9-11-25)16-17-4-3-7-27(17)20-23-22-19(29-20)26-12-14-28-15-13-26/h1-7H,8-16H2. The fourth-order valence-electron chi connectivity index (χ4n) is 3.82. The highest BCUT2D eigenvalue weighted by atomic mass is 32.1. The minimum atomic E-state index is 0.758. The Morgan fingerprint density at radius 2 is 1.69 bits per heavy atom. The lowest BCUT2D eigenvalue weighted by molar-refractivity contribution is 0.122. The molecule has 2 aliphatic heterocycles. The highest BCUT2D eigenvalue weighted by molar-refractivity contribution is 7.17. The number of piperazine rings is 1. The summed E-state index contributed by atoms with van der Waals surface area (Å²) in [6.07, 6.45) is 3.95. The van der Waals surface area contributed by atoms with Crippen LogP contribution in [0.15, 0.2) is 42.7 Å².